The minimum atomic E-state index is -0.450. The Morgan fingerprint density at radius 2 is 0.804 bits per heavy atom. The van der Waals surface area contributed by atoms with E-state index < -0.39 is 24.2 Å². The van der Waals surface area contributed by atoms with Gasteiger partial charge in [-0.2, -0.15) is 0 Å². The molecular weight excluding hydrogens is 560 g/mol. The molecule has 0 unspecified atom stereocenters. The summed E-state index contributed by atoms with van der Waals surface area (Å²) < 4.78 is 84.9. The van der Waals surface area contributed by atoms with Crippen LogP contribution in [0.5, 0.6) is 0 Å². The highest BCUT2D eigenvalue weighted by molar-refractivity contribution is 6.22. The normalized spacial score (nSPS) is 14.3. The first kappa shape index (κ1) is 18.6. The van der Waals surface area contributed by atoms with E-state index in [1.807, 2.05) is 91.0 Å². The predicted octanol–water partition coefficient (Wildman–Crippen LogP) is 12.8. The highest BCUT2D eigenvalue weighted by Crippen LogP contribution is 2.45. The van der Waals surface area contributed by atoms with E-state index in [1.165, 1.54) is 0 Å². The smallest absolute Gasteiger partial charge is 0.136 e. The summed E-state index contributed by atoms with van der Waals surface area (Å²) in [6, 6.07) is 31.4. The molecule has 0 amide bonds. The Hall–Kier alpha value is -6.12. The van der Waals surface area contributed by atoms with Crippen LogP contribution in [0.2, 0.25) is 0 Å². The molecule has 10 rings (SSSR count). The second-order valence-corrected chi connectivity index (χ2v) is 11.4. The largest absolute Gasteiger partial charge is 0.456 e. The van der Waals surface area contributed by atoms with Crippen LogP contribution in [0.15, 0.2) is 166 Å². The molecule has 0 saturated heterocycles. The van der Waals surface area contributed by atoms with Gasteiger partial charge in [0.05, 0.1) is 11.0 Å². The molecule has 2 heterocycles. The standard InChI is InChI=1S/C44H26O2/c1-2-10-27(11-3-1)28-18-21-32-33-22-19-30(26-42(33)46-41(32)25-28)44-36-15-6-4-13-34(36)43(35-14-5-7-16-37(35)44)29-20-23-40-38(24-29)31-12-8-9-17-39(31)45-40/h1-26H/i4D,5D,6D,7D,13D,14D,15D,16D. The number of rotatable bonds is 3. The summed E-state index contributed by atoms with van der Waals surface area (Å²) in [5.41, 5.74) is 6.07. The second kappa shape index (κ2) is 9.69. The van der Waals surface area contributed by atoms with E-state index in [2.05, 4.69) is 0 Å². The van der Waals surface area contributed by atoms with Crippen molar-refractivity contribution in [2.45, 2.75) is 0 Å². The van der Waals surface area contributed by atoms with Crippen molar-refractivity contribution < 1.29 is 19.8 Å². The van der Waals surface area contributed by atoms with Crippen molar-refractivity contribution in [1.82, 2.24) is 0 Å². The summed E-state index contributed by atoms with van der Waals surface area (Å²) >= 11 is 0. The lowest BCUT2D eigenvalue weighted by molar-refractivity contribution is 0.668. The maximum atomic E-state index is 9.32. The van der Waals surface area contributed by atoms with E-state index in [1.54, 1.807) is 18.2 Å². The molecule has 0 atom stereocenters. The molecule has 214 valence electrons. The summed E-state index contributed by atoms with van der Waals surface area (Å²) in [4.78, 5) is 0. The summed E-state index contributed by atoms with van der Waals surface area (Å²) in [6.45, 7) is 0. The van der Waals surface area contributed by atoms with Crippen molar-refractivity contribution in [3.63, 3.8) is 0 Å². The maximum Gasteiger partial charge on any atom is 0.136 e. The van der Waals surface area contributed by atoms with Crippen molar-refractivity contribution in [3.8, 4) is 33.4 Å². The fourth-order valence-corrected chi connectivity index (χ4v) is 6.83. The van der Waals surface area contributed by atoms with Crippen LogP contribution in [-0.2, 0) is 0 Å². The Bertz CT molecular complexity index is 3170. The lowest BCUT2D eigenvalue weighted by Crippen LogP contribution is -1.90. The molecule has 10 aromatic rings. The Balaban J connectivity index is 1.35. The molecule has 2 nitrogen and oxygen atoms in total. The minimum Gasteiger partial charge on any atom is -0.456 e. The van der Waals surface area contributed by atoms with E-state index in [9.17, 15) is 5.48 Å². The fraction of sp³-hybridized carbons (Fsp3) is 0. The molecule has 0 aliphatic rings. The molecule has 0 saturated carbocycles. The van der Waals surface area contributed by atoms with E-state index >= 15 is 0 Å². The number of furan rings is 2. The molecule has 8 aromatic carbocycles. The Morgan fingerprint density at radius 3 is 1.48 bits per heavy atom. The maximum absolute atomic E-state index is 9.32. The number of fused-ring (bicyclic) bond motifs is 8. The van der Waals surface area contributed by atoms with Gasteiger partial charge in [-0.05, 0) is 97.4 Å². The third-order valence-electron chi connectivity index (χ3n) is 8.91. The first-order valence-electron chi connectivity index (χ1n) is 19.0. The molecular formula is C44H26O2. The number of hydrogen-bond donors (Lipinski definition) is 0. The third kappa shape index (κ3) is 3.71. The molecule has 0 spiro atoms. The van der Waals surface area contributed by atoms with Crippen molar-refractivity contribution in [2.24, 2.45) is 0 Å². The Kier molecular flexibility index (Phi) is 3.92. The topological polar surface area (TPSA) is 26.3 Å². The van der Waals surface area contributed by atoms with Gasteiger partial charge in [-0.15, -0.1) is 0 Å². The zero-order valence-corrected chi connectivity index (χ0v) is 24.2. The lowest BCUT2D eigenvalue weighted by atomic mass is 9.85. The quantitative estimate of drug-likeness (QED) is 0.190. The zero-order chi connectivity index (χ0) is 37.2. The zero-order valence-electron chi connectivity index (χ0n) is 32.2. The van der Waals surface area contributed by atoms with Crippen LogP contribution in [0, 0.1) is 0 Å². The van der Waals surface area contributed by atoms with Crippen LogP contribution in [0.3, 0.4) is 0 Å². The SMILES string of the molecule is [2H]c1c([2H])c([2H])c2c(-c3ccc4oc5ccccc5c4c3)c3c([2H])c([2H])c([2H])c([2H])c3c(-c3ccc4c(c3)oc3cc(-c5ccccc5)ccc34)c2c1[2H]. The van der Waals surface area contributed by atoms with Gasteiger partial charge in [-0.1, -0.05) is 115 Å². The molecule has 2 heteroatoms. The van der Waals surface area contributed by atoms with Crippen molar-refractivity contribution in [2.75, 3.05) is 0 Å². The van der Waals surface area contributed by atoms with Crippen molar-refractivity contribution in [3.05, 3.63) is 158 Å². The van der Waals surface area contributed by atoms with Gasteiger partial charge >= 0.3 is 0 Å². The number of benzene rings is 8. The highest BCUT2D eigenvalue weighted by Gasteiger charge is 2.19. The second-order valence-electron chi connectivity index (χ2n) is 11.4. The molecule has 0 aliphatic heterocycles. The van der Waals surface area contributed by atoms with Gasteiger partial charge in [-0.3, -0.25) is 0 Å². The molecule has 0 aliphatic carbocycles. The monoisotopic (exact) mass is 594 g/mol. The average Bonchev–Trinajstić information content (AvgIpc) is 3.76. The van der Waals surface area contributed by atoms with Gasteiger partial charge in [0.15, 0.2) is 0 Å². The van der Waals surface area contributed by atoms with E-state index in [0.29, 0.717) is 33.5 Å². The van der Waals surface area contributed by atoms with Crippen molar-refractivity contribution >= 4 is 65.4 Å². The van der Waals surface area contributed by atoms with Crippen LogP contribution in [0.1, 0.15) is 11.0 Å². The summed E-state index contributed by atoms with van der Waals surface area (Å²) in [5.74, 6) is 0. The first-order valence-corrected chi connectivity index (χ1v) is 15.0. The van der Waals surface area contributed by atoms with Gasteiger partial charge < -0.3 is 8.83 Å². The lowest BCUT2D eigenvalue weighted by Gasteiger charge is -2.17. The summed E-state index contributed by atoms with van der Waals surface area (Å²) in [7, 11) is 0. The fourth-order valence-electron chi connectivity index (χ4n) is 6.83. The van der Waals surface area contributed by atoms with Crippen LogP contribution < -0.4 is 0 Å². The number of para-hydroxylation sites is 1. The van der Waals surface area contributed by atoms with Gasteiger partial charge in [0.25, 0.3) is 0 Å². The highest BCUT2D eigenvalue weighted by atomic mass is 16.3. The van der Waals surface area contributed by atoms with Crippen LogP contribution in [0.25, 0.3) is 98.8 Å². The van der Waals surface area contributed by atoms with E-state index in [0.717, 1.165) is 32.7 Å². The van der Waals surface area contributed by atoms with Crippen LogP contribution in [-0.4, -0.2) is 0 Å². The van der Waals surface area contributed by atoms with Gasteiger partial charge in [0, 0.05) is 21.5 Å². The van der Waals surface area contributed by atoms with E-state index in [4.69, 9.17) is 14.3 Å². The third-order valence-corrected chi connectivity index (χ3v) is 8.91. The summed E-state index contributed by atoms with van der Waals surface area (Å²) in [5, 5.41) is 3.94. The average molecular weight is 595 g/mol. The Labute approximate surface area is 276 Å². The first-order chi connectivity index (χ1) is 26.1. The van der Waals surface area contributed by atoms with Gasteiger partial charge in [0.2, 0.25) is 0 Å². The van der Waals surface area contributed by atoms with Crippen LogP contribution >= 0.6 is 0 Å². The molecule has 46 heavy (non-hydrogen) atoms. The molecule has 0 fully saturated rings. The summed E-state index contributed by atoms with van der Waals surface area (Å²) in [6.07, 6.45) is 0. The molecule has 0 bridgehead atoms. The van der Waals surface area contributed by atoms with Crippen molar-refractivity contribution in [1.29, 1.82) is 0 Å². The van der Waals surface area contributed by atoms with Gasteiger partial charge in [0.1, 0.15) is 22.3 Å². The van der Waals surface area contributed by atoms with E-state index in [-0.39, 0.29) is 56.8 Å². The molecule has 0 N–H and O–H groups in total. The van der Waals surface area contributed by atoms with Crippen LogP contribution in [0.4, 0.5) is 0 Å². The minimum absolute atomic E-state index is 0.146. The van der Waals surface area contributed by atoms with Gasteiger partial charge in [-0.25, -0.2) is 0 Å². The molecule has 0 radical (unpaired) electrons. The predicted molar refractivity (Wildman–Crippen MR) is 192 cm³/mol. The number of hydrogen-bond acceptors (Lipinski definition) is 2. The molecule has 2 aromatic heterocycles. The Morgan fingerprint density at radius 1 is 0.326 bits per heavy atom.